The van der Waals surface area contributed by atoms with Gasteiger partial charge in [0, 0.05) is 5.56 Å². The summed E-state index contributed by atoms with van der Waals surface area (Å²) in [7, 11) is 1.52. The third-order valence-electron chi connectivity index (χ3n) is 6.57. The lowest BCUT2D eigenvalue weighted by Crippen LogP contribution is -2.29. The van der Waals surface area contributed by atoms with E-state index in [9.17, 15) is 14.7 Å². The van der Waals surface area contributed by atoms with Crippen molar-refractivity contribution >= 4 is 44.1 Å². The Kier molecular flexibility index (Phi) is 7.75. The highest BCUT2D eigenvalue weighted by atomic mass is 32.1. The number of nitrogens with zero attached hydrogens (tertiary/aromatic N) is 2. The fourth-order valence-corrected chi connectivity index (χ4v) is 5.80. The third-order valence-corrected chi connectivity index (χ3v) is 7.58. The average molecular weight is 559 g/mol. The van der Waals surface area contributed by atoms with Crippen molar-refractivity contribution in [3.63, 3.8) is 0 Å². The highest BCUT2D eigenvalue weighted by Crippen LogP contribution is 2.46. The van der Waals surface area contributed by atoms with E-state index in [-0.39, 0.29) is 11.3 Å². The second-order valence-electron chi connectivity index (χ2n) is 9.36. The van der Waals surface area contributed by atoms with Crippen LogP contribution in [0, 0.1) is 6.92 Å². The Morgan fingerprint density at radius 1 is 1.02 bits per heavy atom. The van der Waals surface area contributed by atoms with Gasteiger partial charge < -0.3 is 19.3 Å². The number of rotatable bonds is 9. The van der Waals surface area contributed by atoms with Gasteiger partial charge in [-0.1, -0.05) is 42.5 Å². The molecular formula is C31H30N2O6S. The summed E-state index contributed by atoms with van der Waals surface area (Å²) in [6.07, 6.45) is 0.822. The van der Waals surface area contributed by atoms with Crippen molar-refractivity contribution in [1.29, 1.82) is 0 Å². The fourth-order valence-electron chi connectivity index (χ4n) is 4.71. The zero-order chi connectivity index (χ0) is 28.4. The van der Waals surface area contributed by atoms with Crippen LogP contribution in [0.2, 0.25) is 0 Å². The number of Topliss-reactive ketones (excluding diaryl/α,β-unsaturated/α-hetero) is 1. The van der Waals surface area contributed by atoms with Crippen LogP contribution in [-0.2, 0) is 9.59 Å². The Hall–Kier alpha value is -4.37. The van der Waals surface area contributed by atoms with E-state index in [2.05, 4.69) is 0 Å². The number of ketones is 1. The predicted molar refractivity (Wildman–Crippen MR) is 156 cm³/mol. The summed E-state index contributed by atoms with van der Waals surface area (Å²) < 4.78 is 17.9. The molecule has 3 aromatic carbocycles. The number of hydrogen-bond acceptors (Lipinski definition) is 8. The number of aromatic nitrogens is 1. The van der Waals surface area contributed by atoms with Crippen molar-refractivity contribution in [2.24, 2.45) is 0 Å². The Labute approximate surface area is 236 Å². The molecule has 1 aliphatic heterocycles. The van der Waals surface area contributed by atoms with Gasteiger partial charge in [0.25, 0.3) is 5.78 Å². The quantitative estimate of drug-likeness (QED) is 0.144. The van der Waals surface area contributed by atoms with Gasteiger partial charge in [-0.2, -0.15) is 0 Å². The number of amides is 1. The predicted octanol–water partition coefficient (Wildman–Crippen LogP) is 6.43. The molecule has 0 bridgehead atoms. The Morgan fingerprint density at radius 2 is 1.85 bits per heavy atom. The monoisotopic (exact) mass is 558 g/mol. The summed E-state index contributed by atoms with van der Waals surface area (Å²) in [5, 5.41) is 11.9. The van der Waals surface area contributed by atoms with Crippen molar-refractivity contribution in [1.82, 2.24) is 4.98 Å². The molecule has 206 valence electrons. The lowest BCUT2D eigenvalue weighted by molar-refractivity contribution is -0.132. The Morgan fingerprint density at radius 3 is 2.60 bits per heavy atom. The van der Waals surface area contributed by atoms with Crippen LogP contribution in [0.4, 0.5) is 5.13 Å². The van der Waals surface area contributed by atoms with Gasteiger partial charge >= 0.3 is 5.91 Å². The van der Waals surface area contributed by atoms with Gasteiger partial charge in [-0.3, -0.25) is 14.5 Å². The van der Waals surface area contributed by atoms with Gasteiger partial charge in [-0.15, -0.1) is 0 Å². The van der Waals surface area contributed by atoms with Gasteiger partial charge in [0.05, 0.1) is 42.2 Å². The number of aryl methyl sites for hydroxylation is 1. The number of thiazole rings is 1. The van der Waals surface area contributed by atoms with Crippen LogP contribution in [0.25, 0.3) is 16.0 Å². The molecule has 9 heteroatoms. The van der Waals surface area contributed by atoms with Crippen molar-refractivity contribution in [3.8, 4) is 17.2 Å². The van der Waals surface area contributed by atoms with Crippen LogP contribution < -0.4 is 19.1 Å². The minimum Gasteiger partial charge on any atom is -0.507 e. The molecule has 40 heavy (non-hydrogen) atoms. The molecule has 1 aromatic heterocycles. The van der Waals surface area contributed by atoms with E-state index in [1.54, 1.807) is 42.5 Å². The molecule has 8 nitrogen and oxygen atoms in total. The number of fused-ring (bicyclic) bond motifs is 1. The molecule has 0 radical (unpaired) electrons. The molecule has 1 aliphatic rings. The van der Waals surface area contributed by atoms with E-state index in [0.717, 1.165) is 22.2 Å². The number of benzene rings is 3. The first-order chi connectivity index (χ1) is 19.4. The van der Waals surface area contributed by atoms with Crippen LogP contribution in [-0.4, -0.2) is 42.1 Å². The highest BCUT2D eigenvalue weighted by molar-refractivity contribution is 7.22. The fraction of sp³-hybridized carbons (Fsp3) is 0.258. The Balaban J connectivity index is 1.70. The molecule has 5 rings (SSSR count). The van der Waals surface area contributed by atoms with E-state index in [4.69, 9.17) is 19.2 Å². The lowest BCUT2D eigenvalue weighted by Gasteiger charge is -2.24. The number of anilines is 1. The molecule has 1 N–H and O–H groups in total. The first-order valence-corrected chi connectivity index (χ1v) is 13.9. The zero-order valence-corrected chi connectivity index (χ0v) is 23.6. The molecule has 0 spiro atoms. The normalized spacial score (nSPS) is 16.5. The average Bonchev–Trinajstić information content (AvgIpc) is 3.49. The van der Waals surface area contributed by atoms with E-state index in [1.165, 1.54) is 23.3 Å². The van der Waals surface area contributed by atoms with Gasteiger partial charge in [0.2, 0.25) is 0 Å². The van der Waals surface area contributed by atoms with Crippen molar-refractivity contribution < 1.29 is 28.9 Å². The van der Waals surface area contributed by atoms with Crippen LogP contribution in [0.3, 0.4) is 0 Å². The molecule has 0 aliphatic carbocycles. The SMILES string of the molecule is CCCOc1cccc(/C(O)=C2\C(=O)C(=O)N(c3nc4ccc(C)cc4s3)C2c2ccc(OCC)c(OC)c2)c1. The topological polar surface area (TPSA) is 98.2 Å². The maximum atomic E-state index is 13.6. The summed E-state index contributed by atoms with van der Waals surface area (Å²) in [6, 6.07) is 17.0. The second-order valence-corrected chi connectivity index (χ2v) is 10.4. The maximum absolute atomic E-state index is 13.6. The van der Waals surface area contributed by atoms with Crippen LogP contribution in [0.5, 0.6) is 17.2 Å². The number of hydrogen-bond donors (Lipinski definition) is 1. The standard InChI is InChI=1S/C31H30N2O6S/c1-5-14-39-21-9-7-8-20(16-21)28(34)26-27(19-11-13-23(38-6-2)24(17-19)37-4)33(30(36)29(26)35)31-32-22-12-10-18(3)15-25(22)40-31/h7-13,15-17,27,34H,5-6,14H2,1-4H3/b28-26+. The number of methoxy groups -OCH3 is 1. The summed E-state index contributed by atoms with van der Waals surface area (Å²) in [5.41, 5.74) is 2.67. The number of carbonyl (C=O) groups excluding carboxylic acids is 2. The molecule has 1 fully saturated rings. The number of aliphatic hydroxyl groups excluding tert-OH is 1. The molecule has 2 heterocycles. The smallest absolute Gasteiger partial charge is 0.301 e. The minimum atomic E-state index is -0.952. The summed E-state index contributed by atoms with van der Waals surface area (Å²) >= 11 is 1.32. The van der Waals surface area contributed by atoms with Crippen LogP contribution in [0.15, 0.2) is 66.2 Å². The number of carbonyl (C=O) groups is 2. The van der Waals surface area contributed by atoms with Crippen molar-refractivity contribution in [2.75, 3.05) is 25.2 Å². The molecule has 4 aromatic rings. The van der Waals surface area contributed by atoms with E-state index in [0.29, 0.717) is 46.7 Å². The molecule has 1 unspecified atom stereocenters. The van der Waals surface area contributed by atoms with Gasteiger partial charge in [0.15, 0.2) is 16.6 Å². The van der Waals surface area contributed by atoms with Crippen LogP contribution in [0.1, 0.15) is 43.0 Å². The van der Waals surface area contributed by atoms with E-state index < -0.39 is 17.7 Å². The summed E-state index contributed by atoms with van der Waals surface area (Å²) in [6.45, 7) is 6.80. The second kappa shape index (κ2) is 11.4. The molecule has 1 saturated heterocycles. The summed E-state index contributed by atoms with van der Waals surface area (Å²) in [4.78, 5) is 33.3. The molecule has 1 atom stereocenters. The third kappa shape index (κ3) is 5.00. The molecule has 1 amide bonds. The first kappa shape index (κ1) is 27.2. The van der Waals surface area contributed by atoms with E-state index >= 15 is 0 Å². The highest BCUT2D eigenvalue weighted by Gasteiger charge is 2.48. The molecular weight excluding hydrogens is 528 g/mol. The number of ether oxygens (including phenoxy) is 3. The number of aliphatic hydroxyl groups is 1. The Bertz CT molecular complexity index is 1630. The minimum absolute atomic E-state index is 0.0423. The first-order valence-electron chi connectivity index (χ1n) is 13.1. The van der Waals surface area contributed by atoms with Crippen molar-refractivity contribution in [3.05, 3.63) is 82.9 Å². The zero-order valence-electron chi connectivity index (χ0n) is 22.8. The maximum Gasteiger partial charge on any atom is 0.301 e. The summed E-state index contributed by atoms with van der Waals surface area (Å²) in [5.74, 6) is -0.334. The van der Waals surface area contributed by atoms with Crippen molar-refractivity contribution in [2.45, 2.75) is 33.2 Å². The van der Waals surface area contributed by atoms with Crippen LogP contribution >= 0.6 is 11.3 Å². The van der Waals surface area contributed by atoms with E-state index in [1.807, 2.05) is 39.0 Å². The van der Waals surface area contributed by atoms with Gasteiger partial charge in [-0.05, 0) is 67.8 Å². The molecule has 0 saturated carbocycles. The largest absolute Gasteiger partial charge is 0.507 e. The lowest BCUT2D eigenvalue weighted by atomic mass is 9.95. The van der Waals surface area contributed by atoms with Gasteiger partial charge in [-0.25, -0.2) is 4.98 Å². The van der Waals surface area contributed by atoms with Gasteiger partial charge in [0.1, 0.15) is 11.5 Å².